The molecule has 1 amide bonds. The van der Waals surface area contributed by atoms with Crippen molar-refractivity contribution in [2.75, 3.05) is 32.8 Å². The summed E-state index contributed by atoms with van der Waals surface area (Å²) in [5, 5.41) is 13.7. The van der Waals surface area contributed by atoms with E-state index in [2.05, 4.69) is 10.3 Å². The number of benzene rings is 1. The first-order valence-electron chi connectivity index (χ1n) is 7.27. The van der Waals surface area contributed by atoms with Crippen LogP contribution in [-0.2, 0) is 4.74 Å². The van der Waals surface area contributed by atoms with Crippen LogP contribution in [0.2, 0.25) is 0 Å². The number of carbonyl (C=O) groups is 1. The van der Waals surface area contributed by atoms with Gasteiger partial charge in [0, 0.05) is 24.9 Å². The number of amides is 1. The lowest BCUT2D eigenvalue weighted by molar-refractivity contribution is -0.385. The third kappa shape index (κ3) is 4.64. The number of rotatable bonds is 8. The molecule has 0 saturated heterocycles. The van der Waals surface area contributed by atoms with Crippen molar-refractivity contribution in [2.45, 2.75) is 0 Å². The summed E-state index contributed by atoms with van der Waals surface area (Å²) in [4.78, 5) is 26.9. The number of anilines is 1. The van der Waals surface area contributed by atoms with E-state index >= 15 is 0 Å². The first kappa shape index (κ1) is 18.1. The van der Waals surface area contributed by atoms with Crippen LogP contribution in [0.15, 0.2) is 36.5 Å². The van der Waals surface area contributed by atoms with Crippen molar-refractivity contribution in [3.05, 3.63) is 52.2 Å². The fourth-order valence-corrected chi connectivity index (χ4v) is 1.99. The molecular weight excluding hydrogens is 330 g/mol. The van der Waals surface area contributed by atoms with E-state index in [4.69, 9.17) is 14.2 Å². The fourth-order valence-electron chi connectivity index (χ4n) is 1.99. The molecule has 1 aromatic carbocycles. The molecule has 0 bridgehead atoms. The molecule has 1 aromatic heterocycles. The molecule has 0 atom stereocenters. The normalized spacial score (nSPS) is 10.2. The van der Waals surface area contributed by atoms with E-state index in [1.54, 1.807) is 19.2 Å². The Morgan fingerprint density at radius 3 is 2.76 bits per heavy atom. The number of nitrogens with zero attached hydrogens (tertiary/aromatic N) is 2. The second-order valence-electron chi connectivity index (χ2n) is 4.80. The summed E-state index contributed by atoms with van der Waals surface area (Å²) in [6.45, 7) is 0.638. The smallest absolute Gasteiger partial charge is 0.311 e. The minimum absolute atomic E-state index is 0.0755. The van der Waals surface area contributed by atoms with Gasteiger partial charge in [-0.05, 0) is 24.3 Å². The van der Waals surface area contributed by atoms with E-state index < -0.39 is 10.8 Å². The highest BCUT2D eigenvalue weighted by atomic mass is 16.6. The van der Waals surface area contributed by atoms with Crippen molar-refractivity contribution in [3.8, 4) is 11.6 Å². The summed E-state index contributed by atoms with van der Waals surface area (Å²) in [5.41, 5.74) is 0.166. The minimum Gasteiger partial charge on any atom is -0.490 e. The maximum absolute atomic E-state index is 12.4. The summed E-state index contributed by atoms with van der Waals surface area (Å²) in [7, 11) is 2.86. The van der Waals surface area contributed by atoms with Crippen molar-refractivity contribution in [1.29, 1.82) is 0 Å². The van der Waals surface area contributed by atoms with Gasteiger partial charge in [0.25, 0.3) is 5.91 Å². The molecular formula is C16H17N3O6. The SMILES string of the molecule is COCCOc1ncccc1NC(=O)c1ccc(OC)c([N+](=O)[O-])c1. The monoisotopic (exact) mass is 347 g/mol. The van der Waals surface area contributed by atoms with Gasteiger partial charge in [0.1, 0.15) is 12.3 Å². The van der Waals surface area contributed by atoms with Gasteiger partial charge in [-0.15, -0.1) is 0 Å². The maximum Gasteiger partial charge on any atom is 0.311 e. The molecule has 0 unspecified atom stereocenters. The zero-order chi connectivity index (χ0) is 18.2. The zero-order valence-electron chi connectivity index (χ0n) is 13.7. The van der Waals surface area contributed by atoms with Gasteiger partial charge < -0.3 is 19.5 Å². The predicted molar refractivity (Wildman–Crippen MR) is 89.2 cm³/mol. The number of methoxy groups -OCH3 is 2. The Kier molecular flexibility index (Phi) is 6.24. The molecule has 0 aliphatic carbocycles. The number of ether oxygens (including phenoxy) is 3. The molecule has 0 spiro atoms. The summed E-state index contributed by atoms with van der Waals surface area (Å²) in [6.07, 6.45) is 1.52. The van der Waals surface area contributed by atoms with E-state index in [-0.39, 0.29) is 29.5 Å². The van der Waals surface area contributed by atoms with E-state index in [0.717, 1.165) is 6.07 Å². The summed E-state index contributed by atoms with van der Waals surface area (Å²) >= 11 is 0. The highest BCUT2D eigenvalue weighted by Gasteiger charge is 2.19. The minimum atomic E-state index is -0.612. The van der Waals surface area contributed by atoms with Crippen LogP contribution in [0.25, 0.3) is 0 Å². The Labute approximate surface area is 143 Å². The lowest BCUT2D eigenvalue weighted by atomic mass is 10.1. The van der Waals surface area contributed by atoms with Crippen molar-refractivity contribution < 1.29 is 23.9 Å². The largest absolute Gasteiger partial charge is 0.490 e. The first-order valence-corrected chi connectivity index (χ1v) is 7.27. The molecule has 0 aliphatic heterocycles. The topological polar surface area (TPSA) is 113 Å². The highest BCUT2D eigenvalue weighted by molar-refractivity contribution is 6.05. The molecule has 1 N–H and O–H groups in total. The number of hydrogen-bond acceptors (Lipinski definition) is 7. The van der Waals surface area contributed by atoms with E-state index in [1.807, 2.05) is 0 Å². The molecule has 0 fully saturated rings. The molecule has 0 aliphatic rings. The molecule has 1 heterocycles. The van der Waals surface area contributed by atoms with Crippen molar-refractivity contribution in [3.63, 3.8) is 0 Å². The maximum atomic E-state index is 12.4. The zero-order valence-corrected chi connectivity index (χ0v) is 13.7. The van der Waals surface area contributed by atoms with Crippen molar-refractivity contribution in [1.82, 2.24) is 4.98 Å². The number of nitro benzene ring substituents is 1. The van der Waals surface area contributed by atoms with Gasteiger partial charge >= 0.3 is 5.69 Å². The lowest BCUT2D eigenvalue weighted by Crippen LogP contribution is -2.14. The number of aromatic nitrogens is 1. The van der Waals surface area contributed by atoms with Crippen LogP contribution in [0.1, 0.15) is 10.4 Å². The van der Waals surface area contributed by atoms with Crippen molar-refractivity contribution >= 4 is 17.3 Å². The third-order valence-corrected chi connectivity index (χ3v) is 3.18. The summed E-state index contributed by atoms with van der Waals surface area (Å²) in [5.74, 6) is -0.224. The predicted octanol–water partition coefficient (Wildman–Crippen LogP) is 2.28. The lowest BCUT2D eigenvalue weighted by Gasteiger charge is -2.11. The first-order chi connectivity index (χ1) is 12.1. The van der Waals surface area contributed by atoms with Gasteiger partial charge in [0.05, 0.1) is 18.6 Å². The van der Waals surface area contributed by atoms with Crippen LogP contribution >= 0.6 is 0 Å². The molecule has 2 aromatic rings. The average Bonchev–Trinajstić information content (AvgIpc) is 2.62. The average molecular weight is 347 g/mol. The van der Waals surface area contributed by atoms with Crippen LogP contribution in [0.4, 0.5) is 11.4 Å². The Bertz CT molecular complexity index is 765. The Morgan fingerprint density at radius 2 is 2.08 bits per heavy atom. The Balaban J connectivity index is 2.20. The quantitative estimate of drug-likeness (QED) is 0.443. The van der Waals surface area contributed by atoms with Gasteiger partial charge in [-0.3, -0.25) is 14.9 Å². The second kappa shape index (κ2) is 8.60. The van der Waals surface area contributed by atoms with Gasteiger partial charge in [-0.1, -0.05) is 0 Å². The summed E-state index contributed by atoms with van der Waals surface area (Å²) in [6, 6.07) is 7.20. The van der Waals surface area contributed by atoms with E-state index in [9.17, 15) is 14.9 Å². The Morgan fingerprint density at radius 1 is 1.28 bits per heavy atom. The number of hydrogen-bond donors (Lipinski definition) is 1. The number of nitro groups is 1. The number of pyridine rings is 1. The molecule has 0 radical (unpaired) electrons. The summed E-state index contributed by atoms with van der Waals surface area (Å²) < 4.78 is 15.2. The highest BCUT2D eigenvalue weighted by Crippen LogP contribution is 2.28. The van der Waals surface area contributed by atoms with E-state index in [1.165, 1.54) is 25.4 Å². The third-order valence-electron chi connectivity index (χ3n) is 3.18. The Hall–Kier alpha value is -3.20. The van der Waals surface area contributed by atoms with Crippen LogP contribution < -0.4 is 14.8 Å². The van der Waals surface area contributed by atoms with Gasteiger partial charge in [0.2, 0.25) is 5.88 Å². The molecule has 2 rings (SSSR count). The van der Waals surface area contributed by atoms with Gasteiger partial charge in [-0.2, -0.15) is 0 Å². The molecule has 9 nitrogen and oxygen atoms in total. The van der Waals surface area contributed by atoms with Crippen LogP contribution in [0.5, 0.6) is 11.6 Å². The second-order valence-corrected chi connectivity index (χ2v) is 4.80. The molecule has 0 saturated carbocycles. The molecule has 132 valence electrons. The van der Waals surface area contributed by atoms with Gasteiger partial charge in [-0.25, -0.2) is 4.98 Å². The standard InChI is InChI=1S/C16H17N3O6/c1-23-8-9-25-16-12(4-3-7-17-16)18-15(20)11-5-6-14(24-2)13(10-11)19(21)22/h3-7,10H,8-9H2,1-2H3,(H,18,20). The number of nitrogens with one attached hydrogen (secondary N) is 1. The molecule has 9 heteroatoms. The van der Waals surface area contributed by atoms with E-state index in [0.29, 0.717) is 12.3 Å². The van der Waals surface area contributed by atoms with Crippen LogP contribution in [-0.4, -0.2) is 43.2 Å². The van der Waals surface area contributed by atoms with Gasteiger partial charge in [0.15, 0.2) is 5.75 Å². The van der Waals surface area contributed by atoms with Crippen LogP contribution in [0.3, 0.4) is 0 Å². The fraction of sp³-hybridized carbons (Fsp3) is 0.250. The number of carbonyl (C=O) groups excluding carboxylic acids is 1. The van der Waals surface area contributed by atoms with Crippen LogP contribution in [0, 0.1) is 10.1 Å². The molecule has 25 heavy (non-hydrogen) atoms. The van der Waals surface area contributed by atoms with Crippen molar-refractivity contribution in [2.24, 2.45) is 0 Å².